The van der Waals surface area contributed by atoms with E-state index in [9.17, 15) is 4.79 Å². The topological polar surface area (TPSA) is 67.9 Å². The Morgan fingerprint density at radius 2 is 2.15 bits per heavy atom. The standard InChI is InChI=1S/C15H19N3O2/c1-6-11-12(7-2)18(13(17-11)9-10-16)14(19)20-15(4,5)8-3/h6-7H,1-2,8-9H2,3-5H3. The maximum absolute atomic E-state index is 12.3. The van der Waals surface area contributed by atoms with E-state index in [1.165, 1.54) is 16.7 Å². The second-order valence-electron chi connectivity index (χ2n) is 4.86. The number of carbonyl (C=O) groups is 1. The monoisotopic (exact) mass is 273 g/mol. The number of nitrogens with zero attached hydrogens (tertiary/aromatic N) is 3. The van der Waals surface area contributed by atoms with Gasteiger partial charge in [-0.15, -0.1) is 0 Å². The van der Waals surface area contributed by atoms with E-state index in [1.807, 2.05) is 26.8 Å². The smallest absolute Gasteiger partial charge is 0.420 e. The van der Waals surface area contributed by atoms with Gasteiger partial charge in [0, 0.05) is 0 Å². The summed E-state index contributed by atoms with van der Waals surface area (Å²) in [5.74, 6) is 0.328. The van der Waals surface area contributed by atoms with E-state index >= 15 is 0 Å². The zero-order valence-corrected chi connectivity index (χ0v) is 12.1. The summed E-state index contributed by atoms with van der Waals surface area (Å²) in [5, 5.41) is 8.84. The molecular weight excluding hydrogens is 254 g/mol. The van der Waals surface area contributed by atoms with Gasteiger partial charge in [0.1, 0.15) is 11.4 Å². The Kier molecular flexibility index (Phi) is 4.87. The Morgan fingerprint density at radius 1 is 1.50 bits per heavy atom. The molecule has 0 amide bonds. The SMILES string of the molecule is C=Cc1nc(CC#N)n(C(=O)OC(C)(C)CC)c1C=C. The molecule has 0 aromatic carbocycles. The Morgan fingerprint density at radius 3 is 2.60 bits per heavy atom. The first-order valence-corrected chi connectivity index (χ1v) is 6.37. The van der Waals surface area contributed by atoms with Crippen LogP contribution in [0.1, 0.15) is 44.4 Å². The minimum absolute atomic E-state index is 0.0103. The highest BCUT2D eigenvalue weighted by Crippen LogP contribution is 2.20. The van der Waals surface area contributed by atoms with Crippen molar-refractivity contribution in [2.24, 2.45) is 0 Å². The Hall–Kier alpha value is -2.35. The van der Waals surface area contributed by atoms with Gasteiger partial charge in [-0.05, 0) is 32.4 Å². The second-order valence-corrected chi connectivity index (χ2v) is 4.86. The van der Waals surface area contributed by atoms with Crippen molar-refractivity contribution in [3.8, 4) is 6.07 Å². The first-order valence-electron chi connectivity index (χ1n) is 6.37. The summed E-state index contributed by atoms with van der Waals surface area (Å²) >= 11 is 0. The van der Waals surface area contributed by atoms with Crippen molar-refractivity contribution in [3.05, 3.63) is 30.4 Å². The molecule has 0 aliphatic heterocycles. The van der Waals surface area contributed by atoms with E-state index in [0.717, 1.165) is 0 Å². The molecule has 0 bridgehead atoms. The third-order valence-electron chi connectivity index (χ3n) is 3.03. The molecule has 0 saturated carbocycles. The van der Waals surface area contributed by atoms with Gasteiger partial charge < -0.3 is 4.74 Å². The molecule has 1 aromatic rings. The van der Waals surface area contributed by atoms with Gasteiger partial charge >= 0.3 is 6.09 Å². The fourth-order valence-electron chi connectivity index (χ4n) is 1.59. The van der Waals surface area contributed by atoms with Crippen LogP contribution >= 0.6 is 0 Å². The van der Waals surface area contributed by atoms with Crippen molar-refractivity contribution in [2.75, 3.05) is 0 Å². The second kappa shape index (κ2) is 6.20. The summed E-state index contributed by atoms with van der Waals surface area (Å²) in [4.78, 5) is 16.5. The number of hydrogen-bond acceptors (Lipinski definition) is 4. The molecule has 0 aliphatic rings. The highest BCUT2D eigenvalue weighted by atomic mass is 16.6. The van der Waals surface area contributed by atoms with E-state index in [4.69, 9.17) is 10.00 Å². The Labute approximate surface area is 119 Å². The number of aromatic nitrogens is 2. The molecule has 0 atom stereocenters. The quantitative estimate of drug-likeness (QED) is 0.824. The van der Waals surface area contributed by atoms with Crippen molar-refractivity contribution >= 4 is 18.2 Å². The van der Waals surface area contributed by atoms with Crippen LogP contribution in [0, 0.1) is 11.3 Å². The molecule has 1 aromatic heterocycles. The molecule has 20 heavy (non-hydrogen) atoms. The first-order chi connectivity index (χ1) is 9.40. The fraction of sp³-hybridized carbons (Fsp3) is 0.400. The summed E-state index contributed by atoms with van der Waals surface area (Å²) in [6, 6.07) is 1.99. The number of nitriles is 1. The van der Waals surface area contributed by atoms with Gasteiger partial charge in [-0.25, -0.2) is 14.3 Å². The highest BCUT2D eigenvalue weighted by Gasteiger charge is 2.26. The lowest BCUT2D eigenvalue weighted by Crippen LogP contribution is -2.31. The van der Waals surface area contributed by atoms with Crippen LogP contribution in [-0.4, -0.2) is 21.2 Å². The average molecular weight is 273 g/mol. The normalized spacial score (nSPS) is 10.7. The van der Waals surface area contributed by atoms with Crippen LogP contribution in [0.25, 0.3) is 12.2 Å². The molecule has 5 heteroatoms. The van der Waals surface area contributed by atoms with Gasteiger partial charge in [0.2, 0.25) is 0 Å². The first kappa shape index (κ1) is 15.7. The predicted molar refractivity (Wildman–Crippen MR) is 78.0 cm³/mol. The Bertz CT molecular complexity index is 577. The van der Waals surface area contributed by atoms with Crippen molar-refractivity contribution in [1.29, 1.82) is 5.26 Å². The predicted octanol–water partition coefficient (Wildman–Crippen LogP) is 3.41. The molecule has 0 N–H and O–H groups in total. The van der Waals surface area contributed by atoms with Gasteiger partial charge in [0.15, 0.2) is 0 Å². The lowest BCUT2D eigenvalue weighted by Gasteiger charge is -2.23. The zero-order valence-electron chi connectivity index (χ0n) is 12.1. The third-order valence-corrected chi connectivity index (χ3v) is 3.03. The van der Waals surface area contributed by atoms with Crippen molar-refractivity contribution in [1.82, 2.24) is 9.55 Å². The van der Waals surface area contributed by atoms with E-state index in [1.54, 1.807) is 0 Å². The van der Waals surface area contributed by atoms with Crippen LogP contribution in [0.2, 0.25) is 0 Å². The molecule has 5 nitrogen and oxygen atoms in total. The lowest BCUT2D eigenvalue weighted by molar-refractivity contribution is 0.0367. The van der Waals surface area contributed by atoms with E-state index in [2.05, 4.69) is 18.1 Å². The minimum Gasteiger partial charge on any atom is -0.443 e. The van der Waals surface area contributed by atoms with Crippen molar-refractivity contribution in [3.63, 3.8) is 0 Å². The van der Waals surface area contributed by atoms with Crippen LogP contribution in [-0.2, 0) is 11.2 Å². The van der Waals surface area contributed by atoms with Crippen LogP contribution in [0.3, 0.4) is 0 Å². The maximum atomic E-state index is 12.3. The van der Waals surface area contributed by atoms with Crippen LogP contribution in [0.5, 0.6) is 0 Å². The zero-order chi connectivity index (χ0) is 15.3. The summed E-state index contributed by atoms with van der Waals surface area (Å²) in [6.45, 7) is 12.9. The van der Waals surface area contributed by atoms with Crippen molar-refractivity contribution in [2.45, 2.75) is 39.2 Å². The highest BCUT2D eigenvalue weighted by molar-refractivity contribution is 5.77. The number of carbonyl (C=O) groups excluding carboxylic acids is 1. The van der Waals surface area contributed by atoms with Gasteiger partial charge in [-0.1, -0.05) is 20.1 Å². The van der Waals surface area contributed by atoms with E-state index in [0.29, 0.717) is 23.6 Å². The molecule has 1 rings (SSSR count). The molecule has 0 fully saturated rings. The maximum Gasteiger partial charge on any atom is 0.420 e. The van der Waals surface area contributed by atoms with Crippen LogP contribution in [0.15, 0.2) is 13.2 Å². The molecule has 0 unspecified atom stereocenters. The molecule has 0 radical (unpaired) electrons. The largest absolute Gasteiger partial charge is 0.443 e. The summed E-state index contributed by atoms with van der Waals surface area (Å²) < 4.78 is 6.74. The molecule has 1 heterocycles. The number of imidazole rings is 1. The Balaban J connectivity index is 3.30. The van der Waals surface area contributed by atoms with E-state index < -0.39 is 11.7 Å². The fourth-order valence-corrected chi connectivity index (χ4v) is 1.59. The van der Waals surface area contributed by atoms with Gasteiger partial charge in [-0.3, -0.25) is 0 Å². The molecule has 0 spiro atoms. The van der Waals surface area contributed by atoms with Crippen molar-refractivity contribution < 1.29 is 9.53 Å². The van der Waals surface area contributed by atoms with E-state index in [-0.39, 0.29) is 6.42 Å². The van der Waals surface area contributed by atoms with Gasteiger partial charge in [0.25, 0.3) is 0 Å². The molecular formula is C15H19N3O2. The lowest BCUT2D eigenvalue weighted by atomic mass is 10.1. The number of rotatable bonds is 5. The minimum atomic E-state index is -0.585. The molecule has 106 valence electrons. The third kappa shape index (κ3) is 3.15. The average Bonchev–Trinajstić information content (AvgIpc) is 2.76. The summed E-state index contributed by atoms with van der Waals surface area (Å²) in [7, 11) is 0. The van der Waals surface area contributed by atoms with Crippen LogP contribution < -0.4 is 0 Å². The number of hydrogen-bond donors (Lipinski definition) is 0. The van der Waals surface area contributed by atoms with Crippen LogP contribution in [0.4, 0.5) is 4.79 Å². The molecule has 0 saturated heterocycles. The van der Waals surface area contributed by atoms with Gasteiger partial charge in [-0.2, -0.15) is 5.26 Å². The number of ether oxygens (including phenoxy) is 1. The van der Waals surface area contributed by atoms with Gasteiger partial charge in [0.05, 0.1) is 23.9 Å². The molecule has 0 aliphatic carbocycles. The summed E-state index contributed by atoms with van der Waals surface area (Å²) in [6.07, 6.45) is 3.16. The summed E-state index contributed by atoms with van der Waals surface area (Å²) in [5.41, 5.74) is 0.413.